The SMILES string of the molecule is CC(C)CC(=O)Cn1nc(-c2ccc(CCN3CCOCC3)cc2)cc1-c1cccc(Cl)c1. The Kier molecular flexibility index (Phi) is 7.97. The monoisotopic (exact) mass is 465 g/mol. The van der Waals surface area contributed by atoms with E-state index in [1.165, 1.54) is 5.56 Å². The van der Waals surface area contributed by atoms with Gasteiger partial charge in [-0.1, -0.05) is 61.8 Å². The molecule has 1 aromatic heterocycles. The van der Waals surface area contributed by atoms with E-state index >= 15 is 0 Å². The van der Waals surface area contributed by atoms with Gasteiger partial charge in [-0.15, -0.1) is 0 Å². The number of hydrogen-bond donors (Lipinski definition) is 0. The number of ether oxygens (including phenoxy) is 1. The topological polar surface area (TPSA) is 47.4 Å². The van der Waals surface area contributed by atoms with E-state index in [9.17, 15) is 4.79 Å². The van der Waals surface area contributed by atoms with Gasteiger partial charge in [0.2, 0.25) is 0 Å². The molecule has 1 aliphatic heterocycles. The van der Waals surface area contributed by atoms with E-state index in [2.05, 4.69) is 49.1 Å². The number of aromatic nitrogens is 2. The van der Waals surface area contributed by atoms with E-state index in [0.717, 1.165) is 61.8 Å². The molecule has 0 spiro atoms. The third kappa shape index (κ3) is 6.53. The summed E-state index contributed by atoms with van der Waals surface area (Å²) in [4.78, 5) is 15.0. The van der Waals surface area contributed by atoms with Gasteiger partial charge in [-0.25, -0.2) is 0 Å². The van der Waals surface area contributed by atoms with E-state index in [4.69, 9.17) is 21.4 Å². The van der Waals surface area contributed by atoms with E-state index in [1.807, 2.05) is 28.9 Å². The van der Waals surface area contributed by atoms with Gasteiger partial charge < -0.3 is 4.74 Å². The Labute approximate surface area is 201 Å². The number of halogens is 1. The molecule has 6 heteroatoms. The first-order chi connectivity index (χ1) is 16.0. The molecule has 0 unspecified atom stereocenters. The molecule has 0 atom stereocenters. The fourth-order valence-electron chi connectivity index (χ4n) is 4.20. The van der Waals surface area contributed by atoms with Gasteiger partial charge in [0.15, 0.2) is 5.78 Å². The number of hydrogen-bond acceptors (Lipinski definition) is 4. The number of carbonyl (C=O) groups excluding carboxylic acids is 1. The molecule has 0 bridgehead atoms. The van der Waals surface area contributed by atoms with Crippen molar-refractivity contribution < 1.29 is 9.53 Å². The smallest absolute Gasteiger partial charge is 0.154 e. The van der Waals surface area contributed by atoms with E-state index in [-0.39, 0.29) is 12.3 Å². The third-order valence-electron chi connectivity index (χ3n) is 5.93. The quantitative estimate of drug-likeness (QED) is 0.426. The van der Waals surface area contributed by atoms with E-state index in [0.29, 0.717) is 17.4 Å². The zero-order valence-electron chi connectivity index (χ0n) is 19.5. The molecule has 0 amide bonds. The first-order valence-corrected chi connectivity index (χ1v) is 12.1. The van der Waals surface area contributed by atoms with Crippen LogP contribution in [-0.4, -0.2) is 53.3 Å². The average Bonchev–Trinajstić information content (AvgIpc) is 3.22. The molecule has 1 saturated heterocycles. The Balaban J connectivity index is 1.54. The minimum absolute atomic E-state index is 0.182. The number of benzene rings is 2. The summed E-state index contributed by atoms with van der Waals surface area (Å²) in [5.41, 5.74) is 5.08. The molecule has 0 N–H and O–H groups in total. The highest BCUT2D eigenvalue weighted by Crippen LogP contribution is 2.28. The van der Waals surface area contributed by atoms with Gasteiger partial charge in [-0.3, -0.25) is 14.4 Å². The van der Waals surface area contributed by atoms with Crippen molar-refractivity contribution in [3.8, 4) is 22.5 Å². The zero-order chi connectivity index (χ0) is 23.2. The largest absolute Gasteiger partial charge is 0.379 e. The summed E-state index contributed by atoms with van der Waals surface area (Å²) >= 11 is 6.24. The van der Waals surface area contributed by atoms with Crippen LogP contribution in [0.3, 0.4) is 0 Å². The van der Waals surface area contributed by atoms with Crippen LogP contribution < -0.4 is 0 Å². The molecule has 3 aromatic rings. The zero-order valence-corrected chi connectivity index (χ0v) is 20.2. The maximum atomic E-state index is 12.6. The molecule has 5 nitrogen and oxygen atoms in total. The number of carbonyl (C=O) groups is 1. The number of ketones is 1. The van der Waals surface area contributed by atoms with Crippen LogP contribution in [0.2, 0.25) is 5.02 Å². The van der Waals surface area contributed by atoms with Gasteiger partial charge in [0.1, 0.15) is 6.54 Å². The van der Waals surface area contributed by atoms with Crippen LogP contribution >= 0.6 is 11.6 Å². The molecule has 33 heavy (non-hydrogen) atoms. The molecule has 4 rings (SSSR count). The molecular weight excluding hydrogens is 434 g/mol. The van der Waals surface area contributed by atoms with Gasteiger partial charge in [-0.2, -0.15) is 5.10 Å². The number of morpholine rings is 1. The Morgan fingerprint density at radius 1 is 1.06 bits per heavy atom. The summed E-state index contributed by atoms with van der Waals surface area (Å²) in [5.74, 6) is 0.508. The average molecular weight is 466 g/mol. The van der Waals surface area contributed by atoms with Crippen molar-refractivity contribution >= 4 is 17.4 Å². The summed E-state index contributed by atoms with van der Waals surface area (Å²) in [7, 11) is 0. The fraction of sp³-hybridized carbons (Fsp3) is 0.407. The lowest BCUT2D eigenvalue weighted by Gasteiger charge is -2.26. The van der Waals surface area contributed by atoms with Crippen molar-refractivity contribution in [1.29, 1.82) is 0 Å². The van der Waals surface area contributed by atoms with Crippen molar-refractivity contribution in [1.82, 2.24) is 14.7 Å². The van der Waals surface area contributed by atoms with Gasteiger partial charge in [0.05, 0.1) is 24.6 Å². The van der Waals surface area contributed by atoms with Crippen LogP contribution in [0.4, 0.5) is 0 Å². The second-order valence-corrected chi connectivity index (χ2v) is 9.56. The maximum Gasteiger partial charge on any atom is 0.154 e. The Hall–Kier alpha value is -2.47. The van der Waals surface area contributed by atoms with Crippen LogP contribution in [0.15, 0.2) is 54.6 Å². The first kappa shape index (κ1) is 23.7. The van der Waals surface area contributed by atoms with Crippen molar-refractivity contribution in [2.75, 3.05) is 32.8 Å². The van der Waals surface area contributed by atoms with Gasteiger partial charge in [-0.05, 0) is 36.1 Å². The summed E-state index contributed by atoms with van der Waals surface area (Å²) in [6.45, 7) is 9.11. The second-order valence-electron chi connectivity index (χ2n) is 9.12. The maximum absolute atomic E-state index is 12.6. The Morgan fingerprint density at radius 3 is 2.52 bits per heavy atom. The standard InChI is InChI=1S/C27H32ClN3O2/c1-20(2)16-25(32)19-31-27(23-4-3-5-24(28)17-23)18-26(29-31)22-8-6-21(7-9-22)10-11-30-12-14-33-15-13-30/h3-9,17-18,20H,10-16,19H2,1-2H3. The molecule has 0 aliphatic carbocycles. The van der Waals surface area contributed by atoms with E-state index in [1.54, 1.807) is 0 Å². The van der Waals surface area contributed by atoms with Crippen LogP contribution in [0.5, 0.6) is 0 Å². The van der Waals surface area contributed by atoms with Crippen molar-refractivity contribution in [3.05, 3.63) is 65.2 Å². The molecule has 0 radical (unpaired) electrons. The highest BCUT2D eigenvalue weighted by atomic mass is 35.5. The van der Waals surface area contributed by atoms with Crippen LogP contribution in [-0.2, 0) is 22.5 Å². The van der Waals surface area contributed by atoms with Crippen molar-refractivity contribution in [2.45, 2.75) is 33.2 Å². The lowest BCUT2D eigenvalue weighted by molar-refractivity contribution is -0.120. The summed E-state index contributed by atoms with van der Waals surface area (Å²) < 4.78 is 7.25. The molecule has 174 valence electrons. The lowest BCUT2D eigenvalue weighted by atomic mass is 10.1. The van der Waals surface area contributed by atoms with Crippen LogP contribution in [0.25, 0.3) is 22.5 Å². The Bertz CT molecular complexity index is 1070. The van der Waals surface area contributed by atoms with E-state index < -0.39 is 0 Å². The normalized spacial score (nSPS) is 14.7. The Morgan fingerprint density at radius 2 is 1.82 bits per heavy atom. The number of Topliss-reactive ketones (excluding diaryl/α,β-unsaturated/α-hetero) is 1. The predicted octanol–water partition coefficient (Wildman–Crippen LogP) is 5.36. The summed E-state index contributed by atoms with van der Waals surface area (Å²) in [6, 6.07) is 18.4. The highest BCUT2D eigenvalue weighted by Gasteiger charge is 2.16. The fourth-order valence-corrected chi connectivity index (χ4v) is 4.39. The molecule has 1 fully saturated rings. The van der Waals surface area contributed by atoms with Gasteiger partial charge in [0, 0.05) is 42.2 Å². The van der Waals surface area contributed by atoms with Crippen molar-refractivity contribution in [2.24, 2.45) is 5.92 Å². The lowest BCUT2D eigenvalue weighted by Crippen LogP contribution is -2.37. The minimum Gasteiger partial charge on any atom is -0.379 e. The second kappa shape index (κ2) is 11.1. The molecule has 2 heterocycles. The molecular formula is C27H32ClN3O2. The minimum atomic E-state index is 0.182. The van der Waals surface area contributed by atoms with Crippen LogP contribution in [0.1, 0.15) is 25.8 Å². The number of nitrogens with zero attached hydrogens (tertiary/aromatic N) is 3. The molecule has 2 aromatic carbocycles. The van der Waals surface area contributed by atoms with Crippen LogP contribution in [0, 0.1) is 5.92 Å². The highest BCUT2D eigenvalue weighted by molar-refractivity contribution is 6.30. The number of rotatable bonds is 9. The predicted molar refractivity (Wildman–Crippen MR) is 134 cm³/mol. The first-order valence-electron chi connectivity index (χ1n) is 11.7. The molecule has 1 aliphatic rings. The summed E-state index contributed by atoms with van der Waals surface area (Å²) in [6.07, 6.45) is 1.56. The molecule has 0 saturated carbocycles. The van der Waals surface area contributed by atoms with Gasteiger partial charge in [0.25, 0.3) is 0 Å². The van der Waals surface area contributed by atoms with Gasteiger partial charge >= 0.3 is 0 Å². The summed E-state index contributed by atoms with van der Waals surface area (Å²) in [5, 5.41) is 5.48. The van der Waals surface area contributed by atoms with Crippen molar-refractivity contribution in [3.63, 3.8) is 0 Å². The third-order valence-corrected chi connectivity index (χ3v) is 6.17.